The molecule has 0 bridgehead atoms. The zero-order chi connectivity index (χ0) is 11.8. The van der Waals surface area contributed by atoms with E-state index < -0.39 is 0 Å². The third kappa shape index (κ3) is 14.1. The zero-order valence-electron chi connectivity index (χ0n) is 10.8. The highest BCUT2D eigenvalue weighted by atomic mass is 35.5. The molecule has 15 heavy (non-hydrogen) atoms. The number of ether oxygens (including phenoxy) is 2. The lowest BCUT2D eigenvalue weighted by molar-refractivity contribution is -0.0000188. The molecule has 0 aromatic heterocycles. The van der Waals surface area contributed by atoms with Crippen LogP contribution in [0.5, 0.6) is 0 Å². The van der Waals surface area contributed by atoms with Crippen molar-refractivity contribution in [2.24, 2.45) is 11.5 Å². The lowest BCUT2D eigenvalue weighted by atomic mass is 10.1. The summed E-state index contributed by atoms with van der Waals surface area (Å²) in [7, 11) is 3.32. The molecule has 0 aliphatic carbocycles. The maximum atomic E-state index is 5.29. The van der Waals surface area contributed by atoms with Gasteiger partial charge in [-0.2, -0.15) is 0 Å². The smallest absolute Gasteiger partial charge is 0.0744 e. The van der Waals surface area contributed by atoms with Gasteiger partial charge in [-0.15, -0.1) is 0 Å². The monoisotopic (exact) mass is 241 g/mol. The minimum Gasteiger partial charge on any atom is -1.00 e. The molecule has 0 fully saturated rings. The number of hydrogen-bond acceptors (Lipinski definition) is 4. The molecule has 0 rings (SSSR count). The largest absolute Gasteiger partial charge is 1.00 e. The summed E-state index contributed by atoms with van der Waals surface area (Å²) in [6, 6.07) is 0. The van der Waals surface area contributed by atoms with Crippen LogP contribution in [0, 0.1) is 0 Å². The van der Waals surface area contributed by atoms with Crippen LogP contribution in [0.2, 0.25) is 0 Å². The SMILES string of the molecule is COC(C)(C)CN.COC(C)(C)CN.[Cl-]. The molecule has 0 aliphatic rings. The molecule has 0 amide bonds. The maximum Gasteiger partial charge on any atom is 0.0744 e. The van der Waals surface area contributed by atoms with Crippen molar-refractivity contribution in [3.05, 3.63) is 0 Å². The molecule has 96 valence electrons. The first kappa shape index (κ1) is 20.5. The van der Waals surface area contributed by atoms with E-state index in [1.54, 1.807) is 14.2 Å². The van der Waals surface area contributed by atoms with Crippen LogP contribution in [0.4, 0.5) is 0 Å². The van der Waals surface area contributed by atoms with E-state index in [0.717, 1.165) is 0 Å². The van der Waals surface area contributed by atoms with Gasteiger partial charge in [0.15, 0.2) is 0 Å². The van der Waals surface area contributed by atoms with Crippen LogP contribution in [-0.2, 0) is 9.47 Å². The Bertz CT molecular complexity index is 113. The fourth-order valence-electron chi connectivity index (χ4n) is 0.167. The summed E-state index contributed by atoms with van der Waals surface area (Å²) in [6.45, 7) is 8.95. The topological polar surface area (TPSA) is 70.5 Å². The van der Waals surface area contributed by atoms with E-state index in [0.29, 0.717) is 13.1 Å². The van der Waals surface area contributed by atoms with E-state index >= 15 is 0 Å². The molecule has 0 heterocycles. The fraction of sp³-hybridized carbons (Fsp3) is 1.00. The highest BCUT2D eigenvalue weighted by Gasteiger charge is 2.11. The second-order valence-corrected chi connectivity index (χ2v) is 4.34. The minimum atomic E-state index is -0.139. The molecule has 0 aliphatic heterocycles. The van der Waals surface area contributed by atoms with Crippen molar-refractivity contribution in [1.29, 1.82) is 0 Å². The van der Waals surface area contributed by atoms with Gasteiger partial charge < -0.3 is 33.3 Å². The average Bonchev–Trinajstić information content (AvgIpc) is 2.19. The second-order valence-electron chi connectivity index (χ2n) is 4.34. The van der Waals surface area contributed by atoms with Crippen LogP contribution in [0.1, 0.15) is 27.7 Å². The second kappa shape index (κ2) is 9.36. The Morgan fingerprint density at radius 2 is 1.00 bits per heavy atom. The lowest BCUT2D eigenvalue weighted by Gasteiger charge is -2.19. The summed E-state index contributed by atoms with van der Waals surface area (Å²) in [5.74, 6) is 0. The Balaban J connectivity index is -0.000000180. The van der Waals surface area contributed by atoms with Gasteiger partial charge in [0.05, 0.1) is 11.2 Å². The molecule has 0 spiro atoms. The Morgan fingerprint density at radius 3 is 1.00 bits per heavy atom. The molecular weight excluding hydrogens is 216 g/mol. The van der Waals surface area contributed by atoms with Crippen LogP contribution in [-0.4, -0.2) is 38.5 Å². The van der Waals surface area contributed by atoms with Crippen molar-refractivity contribution in [2.45, 2.75) is 38.9 Å². The van der Waals surface area contributed by atoms with Gasteiger partial charge in [-0.25, -0.2) is 0 Å². The third-order valence-corrected chi connectivity index (χ3v) is 2.09. The standard InChI is InChI=1S/2C5H13NO.ClH/c2*1-5(2,4-6)7-3;/h2*4,6H2,1-3H3;1H/p-1. The van der Waals surface area contributed by atoms with Crippen molar-refractivity contribution in [1.82, 2.24) is 0 Å². The van der Waals surface area contributed by atoms with Gasteiger partial charge in [-0.05, 0) is 27.7 Å². The summed E-state index contributed by atoms with van der Waals surface area (Å²) >= 11 is 0. The lowest BCUT2D eigenvalue weighted by Crippen LogP contribution is -3.00. The first-order valence-electron chi connectivity index (χ1n) is 4.75. The van der Waals surface area contributed by atoms with Crippen molar-refractivity contribution in [3.8, 4) is 0 Å². The van der Waals surface area contributed by atoms with E-state index in [2.05, 4.69) is 0 Å². The number of nitrogens with two attached hydrogens (primary N) is 2. The fourth-order valence-corrected chi connectivity index (χ4v) is 0.167. The van der Waals surface area contributed by atoms with Gasteiger partial charge in [0, 0.05) is 27.3 Å². The predicted octanol–water partition coefficient (Wildman–Crippen LogP) is -2.26. The Hall–Kier alpha value is 0.130. The third-order valence-electron chi connectivity index (χ3n) is 2.09. The highest BCUT2D eigenvalue weighted by Crippen LogP contribution is 2.02. The summed E-state index contributed by atoms with van der Waals surface area (Å²) < 4.78 is 9.92. The Kier molecular flexibility index (Phi) is 12.8. The average molecular weight is 242 g/mol. The van der Waals surface area contributed by atoms with Crippen LogP contribution < -0.4 is 23.9 Å². The summed E-state index contributed by atoms with van der Waals surface area (Å²) in [5, 5.41) is 0. The van der Waals surface area contributed by atoms with Gasteiger partial charge in [0.2, 0.25) is 0 Å². The van der Waals surface area contributed by atoms with Gasteiger partial charge in [0.25, 0.3) is 0 Å². The van der Waals surface area contributed by atoms with E-state index in [1.165, 1.54) is 0 Å². The molecule has 4 N–H and O–H groups in total. The summed E-state index contributed by atoms with van der Waals surface area (Å²) in [5.41, 5.74) is 10.3. The van der Waals surface area contributed by atoms with E-state index in [9.17, 15) is 0 Å². The van der Waals surface area contributed by atoms with Crippen LogP contribution in [0.3, 0.4) is 0 Å². The van der Waals surface area contributed by atoms with Crippen molar-refractivity contribution >= 4 is 0 Å². The molecule has 0 aromatic carbocycles. The van der Waals surface area contributed by atoms with Crippen LogP contribution in [0.25, 0.3) is 0 Å². The number of rotatable bonds is 4. The molecule has 0 atom stereocenters. The number of hydrogen-bond donors (Lipinski definition) is 2. The first-order valence-corrected chi connectivity index (χ1v) is 4.75. The molecule has 0 saturated heterocycles. The van der Waals surface area contributed by atoms with Gasteiger partial charge in [-0.1, -0.05) is 0 Å². The van der Waals surface area contributed by atoms with Crippen molar-refractivity contribution in [3.63, 3.8) is 0 Å². The quantitative estimate of drug-likeness (QED) is 0.583. The summed E-state index contributed by atoms with van der Waals surface area (Å²) in [4.78, 5) is 0. The van der Waals surface area contributed by atoms with Crippen LogP contribution in [0.15, 0.2) is 0 Å². The van der Waals surface area contributed by atoms with E-state index in [-0.39, 0.29) is 23.6 Å². The normalized spacial score (nSPS) is 11.2. The zero-order valence-corrected chi connectivity index (χ0v) is 11.5. The van der Waals surface area contributed by atoms with Gasteiger partial charge in [0.1, 0.15) is 0 Å². The predicted molar refractivity (Wildman–Crippen MR) is 60.3 cm³/mol. The van der Waals surface area contributed by atoms with Crippen LogP contribution >= 0.6 is 0 Å². The molecular formula is C10H26ClN2O2-. The minimum absolute atomic E-state index is 0. The first-order chi connectivity index (χ1) is 6.24. The maximum absolute atomic E-state index is 5.29. The number of methoxy groups -OCH3 is 2. The van der Waals surface area contributed by atoms with Gasteiger partial charge >= 0.3 is 0 Å². The Labute approximate surface area is 100 Å². The Morgan fingerprint density at radius 1 is 0.800 bits per heavy atom. The van der Waals surface area contributed by atoms with E-state index in [4.69, 9.17) is 20.9 Å². The number of halogens is 1. The van der Waals surface area contributed by atoms with Crippen molar-refractivity contribution in [2.75, 3.05) is 27.3 Å². The van der Waals surface area contributed by atoms with Gasteiger partial charge in [-0.3, -0.25) is 0 Å². The molecule has 0 saturated carbocycles. The molecule has 4 nitrogen and oxygen atoms in total. The molecule has 5 heteroatoms. The molecule has 0 unspecified atom stereocenters. The molecule has 0 aromatic rings. The van der Waals surface area contributed by atoms with Crippen molar-refractivity contribution < 1.29 is 21.9 Å². The van der Waals surface area contributed by atoms with E-state index in [1.807, 2.05) is 27.7 Å². The molecule has 0 radical (unpaired) electrons. The summed E-state index contributed by atoms with van der Waals surface area (Å²) in [6.07, 6.45) is 0. The highest BCUT2D eigenvalue weighted by molar-refractivity contribution is 4.67.